The summed E-state index contributed by atoms with van der Waals surface area (Å²) in [5, 5.41) is 2.90. The van der Waals surface area contributed by atoms with Crippen LogP contribution in [0.2, 0.25) is 0 Å². The van der Waals surface area contributed by atoms with E-state index in [0.29, 0.717) is 13.0 Å². The third kappa shape index (κ3) is 8.17. The van der Waals surface area contributed by atoms with Gasteiger partial charge in [-0.15, -0.1) is 0 Å². The lowest BCUT2D eigenvalue weighted by atomic mass is 10.0. The van der Waals surface area contributed by atoms with Crippen molar-refractivity contribution >= 4 is 6.09 Å². The highest BCUT2D eigenvalue weighted by Gasteiger charge is 2.20. The summed E-state index contributed by atoms with van der Waals surface area (Å²) in [4.78, 5) is 23.1. The van der Waals surface area contributed by atoms with Crippen molar-refractivity contribution in [3.63, 3.8) is 0 Å². The molecular weight excluding hydrogens is 402 g/mol. The lowest BCUT2D eigenvalue weighted by Crippen LogP contribution is -2.42. The zero-order chi connectivity index (χ0) is 22.8. The van der Waals surface area contributed by atoms with E-state index in [1.54, 1.807) is 0 Å². The summed E-state index contributed by atoms with van der Waals surface area (Å²) in [7, 11) is 0. The highest BCUT2D eigenvalue weighted by Crippen LogP contribution is 2.20. The second-order valence-electron chi connectivity index (χ2n) is 8.64. The van der Waals surface area contributed by atoms with Gasteiger partial charge in [-0.3, -0.25) is 0 Å². The Kier molecular flexibility index (Phi) is 8.42. The molecule has 3 aromatic rings. The van der Waals surface area contributed by atoms with Gasteiger partial charge in [-0.05, 0) is 49.4 Å². The maximum absolute atomic E-state index is 12.3. The van der Waals surface area contributed by atoms with E-state index in [9.17, 15) is 4.79 Å². The van der Waals surface area contributed by atoms with Crippen LogP contribution >= 0.6 is 0 Å². The van der Waals surface area contributed by atoms with Gasteiger partial charge >= 0.3 is 6.09 Å². The number of carbonyl (C=O) groups is 1. The van der Waals surface area contributed by atoms with Crippen molar-refractivity contribution < 1.29 is 19.3 Å². The fraction of sp³-hybridized carbons (Fsp3) is 0.296. The number of carbonyl (C=O) groups excluding carboxylic acids is 1. The summed E-state index contributed by atoms with van der Waals surface area (Å²) in [5.41, 5.74) is 3.84. The summed E-state index contributed by atoms with van der Waals surface area (Å²) in [5.74, 6) is 0. The molecule has 0 aromatic heterocycles. The maximum Gasteiger partial charge on any atom is 0.407 e. The Labute approximate surface area is 190 Å². The zero-order valence-corrected chi connectivity index (χ0v) is 18.9. The highest BCUT2D eigenvalue weighted by atomic mass is 17.2. The third-order valence-electron chi connectivity index (χ3n) is 4.68. The monoisotopic (exact) mass is 433 g/mol. The Bertz CT molecular complexity index is 950. The molecule has 3 rings (SSSR count). The lowest BCUT2D eigenvalue weighted by molar-refractivity contribution is -0.306. The predicted octanol–water partition coefficient (Wildman–Crippen LogP) is 5.94. The Morgan fingerprint density at radius 2 is 1.38 bits per heavy atom. The molecule has 0 radical (unpaired) electrons. The summed E-state index contributed by atoms with van der Waals surface area (Å²) in [6.45, 7) is 6.05. The van der Waals surface area contributed by atoms with Crippen LogP contribution in [0.15, 0.2) is 84.9 Å². The molecule has 0 saturated carbocycles. The molecule has 1 N–H and O–H groups in total. The van der Waals surface area contributed by atoms with Crippen molar-refractivity contribution in [3.8, 4) is 11.1 Å². The zero-order valence-electron chi connectivity index (χ0n) is 18.9. The molecule has 3 aromatic carbocycles. The first-order valence-corrected chi connectivity index (χ1v) is 10.8. The second-order valence-corrected chi connectivity index (χ2v) is 8.64. The van der Waals surface area contributed by atoms with E-state index in [2.05, 4.69) is 41.7 Å². The molecule has 0 bridgehead atoms. The minimum absolute atomic E-state index is 0.201. The minimum Gasteiger partial charge on any atom is -0.444 e. The van der Waals surface area contributed by atoms with E-state index in [1.807, 2.05) is 69.3 Å². The first-order chi connectivity index (χ1) is 15.4. The molecule has 0 fully saturated rings. The molecule has 168 valence electrons. The quantitative estimate of drug-likeness (QED) is 0.258. The summed E-state index contributed by atoms with van der Waals surface area (Å²) in [6.07, 6.45) is 0.110. The van der Waals surface area contributed by atoms with E-state index in [-0.39, 0.29) is 12.6 Å². The first kappa shape index (κ1) is 23.5. The van der Waals surface area contributed by atoms with Gasteiger partial charge in [0.2, 0.25) is 0 Å². The summed E-state index contributed by atoms with van der Waals surface area (Å²) >= 11 is 0. The van der Waals surface area contributed by atoms with Gasteiger partial charge in [0, 0.05) is 0 Å². The topological polar surface area (TPSA) is 56.8 Å². The van der Waals surface area contributed by atoms with Gasteiger partial charge in [0.05, 0.1) is 6.04 Å². The van der Waals surface area contributed by atoms with Crippen molar-refractivity contribution in [1.82, 2.24) is 5.32 Å². The number of benzene rings is 3. The van der Waals surface area contributed by atoms with E-state index >= 15 is 0 Å². The smallest absolute Gasteiger partial charge is 0.407 e. The van der Waals surface area contributed by atoms with Gasteiger partial charge in [0.15, 0.2) is 0 Å². The van der Waals surface area contributed by atoms with Crippen LogP contribution in [0.5, 0.6) is 0 Å². The average Bonchev–Trinajstić information content (AvgIpc) is 2.77. The van der Waals surface area contributed by atoms with E-state index < -0.39 is 11.7 Å². The number of amides is 1. The Morgan fingerprint density at radius 1 is 0.781 bits per heavy atom. The molecule has 1 atom stereocenters. The van der Waals surface area contributed by atoms with Crippen molar-refractivity contribution in [2.45, 2.75) is 45.4 Å². The molecule has 32 heavy (non-hydrogen) atoms. The largest absolute Gasteiger partial charge is 0.444 e. The van der Waals surface area contributed by atoms with Crippen molar-refractivity contribution in [3.05, 3.63) is 96.1 Å². The SMILES string of the molecule is CC(C)(C)OC(=O)N[C@H](COOCc1ccccc1)Cc1ccc(-c2ccccc2)cc1. The van der Waals surface area contributed by atoms with Gasteiger partial charge in [-0.1, -0.05) is 84.9 Å². The normalized spacial score (nSPS) is 12.2. The minimum atomic E-state index is -0.573. The number of hydrogen-bond acceptors (Lipinski definition) is 4. The molecule has 0 saturated heterocycles. The van der Waals surface area contributed by atoms with Crippen molar-refractivity contribution in [1.29, 1.82) is 0 Å². The molecule has 0 spiro atoms. The molecule has 1 amide bonds. The van der Waals surface area contributed by atoms with Crippen molar-refractivity contribution in [2.24, 2.45) is 0 Å². The number of hydrogen-bond donors (Lipinski definition) is 1. The lowest BCUT2D eigenvalue weighted by Gasteiger charge is -2.23. The predicted molar refractivity (Wildman–Crippen MR) is 126 cm³/mol. The molecule has 0 aliphatic carbocycles. The van der Waals surface area contributed by atoms with Crippen LogP contribution in [0, 0.1) is 0 Å². The maximum atomic E-state index is 12.3. The van der Waals surface area contributed by atoms with E-state index in [0.717, 1.165) is 16.7 Å². The van der Waals surface area contributed by atoms with Gasteiger partial charge in [0.1, 0.15) is 18.8 Å². The molecule has 0 unspecified atom stereocenters. The number of rotatable bonds is 9. The molecule has 5 heteroatoms. The van der Waals surface area contributed by atoms with E-state index in [1.165, 1.54) is 5.56 Å². The second kappa shape index (κ2) is 11.5. The summed E-state index contributed by atoms with van der Waals surface area (Å²) < 4.78 is 5.41. The number of ether oxygens (including phenoxy) is 1. The fourth-order valence-electron chi connectivity index (χ4n) is 3.19. The molecule has 0 heterocycles. The van der Waals surface area contributed by atoms with Crippen LogP contribution in [0.25, 0.3) is 11.1 Å². The standard InChI is InChI=1S/C27H31NO4/c1-27(2,3)32-26(29)28-25(20-31-30-19-22-10-6-4-7-11-22)18-21-14-16-24(17-15-21)23-12-8-5-9-13-23/h4-17,25H,18-20H2,1-3H3,(H,28,29)/t25-/m0/s1. The van der Waals surface area contributed by atoms with Crippen LogP contribution in [0.1, 0.15) is 31.9 Å². The van der Waals surface area contributed by atoms with E-state index in [4.69, 9.17) is 14.5 Å². The average molecular weight is 434 g/mol. The van der Waals surface area contributed by atoms with Crippen LogP contribution in [0.3, 0.4) is 0 Å². The fourth-order valence-corrected chi connectivity index (χ4v) is 3.19. The highest BCUT2D eigenvalue weighted by molar-refractivity contribution is 5.68. The van der Waals surface area contributed by atoms with Crippen LogP contribution in [-0.4, -0.2) is 24.3 Å². The van der Waals surface area contributed by atoms with Crippen LogP contribution in [-0.2, 0) is 27.5 Å². The van der Waals surface area contributed by atoms with Crippen LogP contribution in [0.4, 0.5) is 4.79 Å². The Morgan fingerprint density at radius 3 is 2.00 bits per heavy atom. The third-order valence-corrected chi connectivity index (χ3v) is 4.68. The van der Waals surface area contributed by atoms with Gasteiger partial charge in [-0.25, -0.2) is 14.6 Å². The first-order valence-electron chi connectivity index (χ1n) is 10.8. The Balaban J connectivity index is 1.59. The number of nitrogens with one attached hydrogen (secondary N) is 1. The molecule has 0 aliphatic rings. The van der Waals surface area contributed by atoms with Crippen LogP contribution < -0.4 is 5.32 Å². The molecule has 5 nitrogen and oxygen atoms in total. The van der Waals surface area contributed by atoms with Gasteiger partial charge in [-0.2, -0.15) is 0 Å². The van der Waals surface area contributed by atoms with Gasteiger partial charge < -0.3 is 10.1 Å². The molecular formula is C27H31NO4. The Hall–Kier alpha value is -3.15. The number of alkyl carbamates (subject to hydrolysis) is 1. The van der Waals surface area contributed by atoms with Gasteiger partial charge in [0.25, 0.3) is 0 Å². The summed E-state index contributed by atoms with van der Waals surface area (Å²) in [6, 6.07) is 28.0. The van der Waals surface area contributed by atoms with Crippen molar-refractivity contribution in [2.75, 3.05) is 6.61 Å². The molecule has 0 aliphatic heterocycles.